The summed E-state index contributed by atoms with van der Waals surface area (Å²) in [6.45, 7) is 0.852. The molecule has 2 aliphatic heterocycles. The summed E-state index contributed by atoms with van der Waals surface area (Å²) in [6.07, 6.45) is 6.39. The first-order chi connectivity index (χ1) is 12.7. The van der Waals surface area contributed by atoms with Crippen LogP contribution in [-0.2, 0) is 0 Å². The summed E-state index contributed by atoms with van der Waals surface area (Å²) in [5, 5.41) is 1.07. The first kappa shape index (κ1) is 16.2. The van der Waals surface area contributed by atoms with E-state index in [0.717, 1.165) is 42.1 Å². The van der Waals surface area contributed by atoms with Crippen LogP contribution in [0.3, 0.4) is 0 Å². The fraction of sp³-hybridized carbons (Fsp3) is 0.429. The van der Waals surface area contributed by atoms with Gasteiger partial charge in [0.2, 0.25) is 0 Å². The molecule has 0 N–H and O–H groups in total. The summed E-state index contributed by atoms with van der Waals surface area (Å²) in [4.78, 5) is 19.9. The van der Waals surface area contributed by atoms with Crippen molar-refractivity contribution < 1.29 is 9.53 Å². The van der Waals surface area contributed by atoms with Gasteiger partial charge >= 0.3 is 0 Å². The van der Waals surface area contributed by atoms with Crippen LogP contribution in [-0.4, -0.2) is 40.2 Å². The molecule has 3 heterocycles. The third-order valence-corrected chi connectivity index (χ3v) is 7.75. The van der Waals surface area contributed by atoms with E-state index in [9.17, 15) is 4.79 Å². The van der Waals surface area contributed by atoms with Crippen molar-refractivity contribution in [2.24, 2.45) is 0 Å². The average molecular weight is 366 g/mol. The minimum atomic E-state index is 0.0771. The number of carbonyl (C=O) groups is 1. The fourth-order valence-electron chi connectivity index (χ4n) is 5.17. The number of nitrogens with zero attached hydrogens (tertiary/aromatic N) is 2. The molecule has 5 heteroatoms. The normalized spacial score (nSPS) is 29.3. The number of hydrogen-bond donors (Lipinski definition) is 0. The van der Waals surface area contributed by atoms with E-state index in [2.05, 4.69) is 22.0 Å². The lowest BCUT2D eigenvalue weighted by Crippen LogP contribution is -2.54. The van der Waals surface area contributed by atoms with Gasteiger partial charge in [0.1, 0.15) is 5.75 Å². The Labute approximate surface area is 157 Å². The van der Waals surface area contributed by atoms with E-state index >= 15 is 0 Å². The van der Waals surface area contributed by atoms with Crippen LogP contribution < -0.4 is 4.74 Å². The minimum absolute atomic E-state index is 0.0771. The lowest BCUT2D eigenvalue weighted by Gasteiger charge is -2.49. The van der Waals surface area contributed by atoms with E-state index in [1.807, 2.05) is 42.2 Å². The Hall–Kier alpha value is -2.01. The van der Waals surface area contributed by atoms with Gasteiger partial charge in [-0.15, -0.1) is 0 Å². The van der Waals surface area contributed by atoms with Crippen molar-refractivity contribution in [2.75, 3.05) is 13.7 Å². The molecule has 3 atom stereocenters. The number of ether oxygens (including phenoxy) is 1. The molecule has 1 aromatic carbocycles. The molecule has 0 bridgehead atoms. The van der Waals surface area contributed by atoms with Crippen molar-refractivity contribution in [1.82, 2.24) is 9.88 Å². The second kappa shape index (κ2) is 6.02. The zero-order chi connectivity index (χ0) is 17.7. The Bertz CT molecular complexity index is 856. The smallest absolute Gasteiger partial charge is 0.254 e. The summed E-state index contributed by atoms with van der Waals surface area (Å²) >= 11 is 1.89. The highest BCUT2D eigenvalue weighted by Gasteiger charge is 2.57. The molecule has 3 aliphatic rings. The summed E-state index contributed by atoms with van der Waals surface area (Å²) in [5.74, 6) is 1.43. The van der Waals surface area contributed by atoms with Gasteiger partial charge in [0.15, 0.2) is 0 Å². The average Bonchev–Trinajstić information content (AvgIpc) is 3.06. The third kappa shape index (κ3) is 2.29. The monoisotopic (exact) mass is 366 g/mol. The number of carbonyl (C=O) groups excluding carboxylic acids is 1. The number of benzene rings is 1. The molecule has 0 unspecified atom stereocenters. The first-order valence-corrected chi connectivity index (χ1v) is 10.1. The Morgan fingerprint density at radius 1 is 1.27 bits per heavy atom. The number of hydrogen-bond acceptors (Lipinski definition) is 4. The zero-order valence-electron chi connectivity index (χ0n) is 14.9. The van der Waals surface area contributed by atoms with Gasteiger partial charge in [0, 0.05) is 29.0 Å². The molecule has 1 saturated heterocycles. The minimum Gasteiger partial charge on any atom is -0.497 e. The van der Waals surface area contributed by atoms with E-state index in [1.165, 1.54) is 12.0 Å². The SMILES string of the molecule is COc1ccc2c(c1)[C@@H]1CCC[C@]3(Sc4ccccn4)CCN(C2=O)[C@H]13. The Kier molecular flexibility index (Phi) is 3.74. The second-order valence-corrected chi connectivity index (χ2v) is 8.92. The Balaban J connectivity index is 1.59. The molecule has 26 heavy (non-hydrogen) atoms. The van der Waals surface area contributed by atoms with Gasteiger partial charge in [0.05, 0.1) is 18.2 Å². The number of thioether (sulfide) groups is 1. The maximum Gasteiger partial charge on any atom is 0.254 e. The molecule has 1 amide bonds. The number of aromatic nitrogens is 1. The van der Waals surface area contributed by atoms with Gasteiger partial charge in [-0.3, -0.25) is 4.79 Å². The predicted octanol–water partition coefficient (Wildman–Crippen LogP) is 4.12. The molecule has 2 aromatic rings. The molecule has 2 fully saturated rings. The molecule has 0 spiro atoms. The number of methoxy groups -OCH3 is 1. The Morgan fingerprint density at radius 2 is 2.19 bits per heavy atom. The van der Waals surface area contributed by atoms with Crippen molar-refractivity contribution in [2.45, 2.75) is 47.4 Å². The highest BCUT2D eigenvalue weighted by atomic mass is 32.2. The summed E-state index contributed by atoms with van der Waals surface area (Å²) in [7, 11) is 1.69. The number of rotatable bonds is 3. The van der Waals surface area contributed by atoms with Crippen LogP contribution in [0.4, 0.5) is 0 Å². The van der Waals surface area contributed by atoms with Crippen molar-refractivity contribution >= 4 is 17.7 Å². The summed E-state index contributed by atoms with van der Waals surface area (Å²) < 4.78 is 5.52. The van der Waals surface area contributed by atoms with Crippen LogP contribution in [0.5, 0.6) is 5.75 Å². The fourth-order valence-corrected chi connectivity index (χ4v) is 6.70. The lowest BCUT2D eigenvalue weighted by molar-refractivity contribution is 0.0637. The highest BCUT2D eigenvalue weighted by molar-refractivity contribution is 8.00. The van der Waals surface area contributed by atoms with Gasteiger partial charge < -0.3 is 9.64 Å². The standard InChI is InChI=1S/C21H22N2O2S/c1-25-14-7-8-16-17(13-14)15-5-4-9-21(26-18-6-2-3-11-22-18)10-12-23(19(15)21)20(16)24/h2-3,6-8,11,13,15,19H,4-5,9-10,12H2,1H3/t15-,19+,21-/m0/s1. The first-order valence-electron chi connectivity index (χ1n) is 9.31. The lowest BCUT2D eigenvalue weighted by atomic mass is 9.70. The van der Waals surface area contributed by atoms with E-state index in [1.54, 1.807) is 7.11 Å². The molecule has 4 nitrogen and oxygen atoms in total. The van der Waals surface area contributed by atoms with E-state index in [-0.39, 0.29) is 16.7 Å². The largest absolute Gasteiger partial charge is 0.497 e. The molecule has 134 valence electrons. The molecule has 5 rings (SSSR count). The van der Waals surface area contributed by atoms with Crippen LogP contribution in [0.15, 0.2) is 47.6 Å². The molecule has 1 aromatic heterocycles. The number of amides is 1. The summed E-state index contributed by atoms with van der Waals surface area (Å²) in [6, 6.07) is 12.3. The van der Waals surface area contributed by atoms with Crippen molar-refractivity contribution in [1.29, 1.82) is 0 Å². The van der Waals surface area contributed by atoms with Gasteiger partial charge in [-0.05, 0) is 55.2 Å². The van der Waals surface area contributed by atoms with Crippen molar-refractivity contribution in [3.63, 3.8) is 0 Å². The zero-order valence-corrected chi connectivity index (χ0v) is 15.7. The highest BCUT2D eigenvalue weighted by Crippen LogP contribution is 2.58. The maximum atomic E-state index is 13.2. The van der Waals surface area contributed by atoms with Crippen LogP contribution in [0.2, 0.25) is 0 Å². The topological polar surface area (TPSA) is 42.4 Å². The van der Waals surface area contributed by atoms with E-state index in [0.29, 0.717) is 5.92 Å². The third-order valence-electron chi connectivity index (χ3n) is 6.24. The second-order valence-electron chi connectivity index (χ2n) is 7.48. The van der Waals surface area contributed by atoms with Crippen molar-refractivity contribution in [3.8, 4) is 5.75 Å². The quantitative estimate of drug-likeness (QED) is 0.820. The maximum absolute atomic E-state index is 13.2. The van der Waals surface area contributed by atoms with Crippen LogP contribution >= 0.6 is 11.8 Å². The van der Waals surface area contributed by atoms with Gasteiger partial charge in [-0.2, -0.15) is 0 Å². The number of fused-ring (bicyclic) bond motifs is 2. The predicted molar refractivity (Wildman–Crippen MR) is 102 cm³/mol. The van der Waals surface area contributed by atoms with Gasteiger partial charge in [-0.1, -0.05) is 24.2 Å². The van der Waals surface area contributed by atoms with Gasteiger partial charge in [-0.25, -0.2) is 4.98 Å². The molecule has 1 aliphatic carbocycles. The molecule has 0 radical (unpaired) electrons. The van der Waals surface area contributed by atoms with Gasteiger partial charge in [0.25, 0.3) is 5.91 Å². The summed E-state index contributed by atoms with van der Waals surface area (Å²) in [5.41, 5.74) is 2.05. The molecular weight excluding hydrogens is 344 g/mol. The molecular formula is C21H22N2O2S. The van der Waals surface area contributed by atoms with Crippen LogP contribution in [0.1, 0.15) is 47.5 Å². The molecule has 1 saturated carbocycles. The van der Waals surface area contributed by atoms with E-state index in [4.69, 9.17) is 4.74 Å². The van der Waals surface area contributed by atoms with Crippen LogP contribution in [0.25, 0.3) is 0 Å². The van der Waals surface area contributed by atoms with Crippen LogP contribution in [0, 0.1) is 0 Å². The van der Waals surface area contributed by atoms with E-state index < -0.39 is 0 Å². The Morgan fingerprint density at radius 3 is 3.00 bits per heavy atom. The number of pyridine rings is 1. The van der Waals surface area contributed by atoms with Crippen molar-refractivity contribution in [3.05, 3.63) is 53.7 Å².